The number of hydrogen-bond acceptors (Lipinski definition) is 5. The molecule has 0 saturated carbocycles. The molecule has 1 heterocycles. The topological polar surface area (TPSA) is 64.6 Å². The van der Waals surface area contributed by atoms with Crippen molar-refractivity contribution in [3.8, 4) is 16.9 Å². The van der Waals surface area contributed by atoms with Gasteiger partial charge in [-0.25, -0.2) is 9.18 Å². The van der Waals surface area contributed by atoms with E-state index in [1.165, 1.54) is 29.5 Å². The molecule has 0 radical (unpaired) electrons. The van der Waals surface area contributed by atoms with Crippen molar-refractivity contribution in [2.45, 2.75) is 26.7 Å². The van der Waals surface area contributed by atoms with Crippen LogP contribution in [0.15, 0.2) is 60.0 Å². The van der Waals surface area contributed by atoms with Gasteiger partial charge in [-0.05, 0) is 54.8 Å². The van der Waals surface area contributed by atoms with E-state index in [-0.39, 0.29) is 23.9 Å². The van der Waals surface area contributed by atoms with Crippen molar-refractivity contribution >= 4 is 34.3 Å². The lowest BCUT2D eigenvalue weighted by atomic mass is 10.0. The number of thiophene rings is 1. The summed E-state index contributed by atoms with van der Waals surface area (Å²) < 4.78 is 24.1. The second-order valence-corrected chi connectivity index (χ2v) is 8.05. The highest BCUT2D eigenvalue weighted by Gasteiger charge is 2.22. The van der Waals surface area contributed by atoms with Crippen molar-refractivity contribution in [3.05, 3.63) is 76.9 Å². The van der Waals surface area contributed by atoms with Crippen LogP contribution in [-0.2, 0) is 9.53 Å². The van der Waals surface area contributed by atoms with Crippen molar-refractivity contribution in [3.63, 3.8) is 0 Å². The maximum absolute atomic E-state index is 13.3. The van der Waals surface area contributed by atoms with Crippen LogP contribution in [0.5, 0.6) is 5.75 Å². The van der Waals surface area contributed by atoms with Crippen molar-refractivity contribution in [1.82, 2.24) is 0 Å². The van der Waals surface area contributed by atoms with E-state index < -0.39 is 5.97 Å². The van der Waals surface area contributed by atoms with Crippen LogP contribution in [0, 0.1) is 5.82 Å². The molecule has 0 fully saturated rings. The van der Waals surface area contributed by atoms with Crippen LogP contribution in [0.3, 0.4) is 0 Å². The van der Waals surface area contributed by atoms with Gasteiger partial charge in [-0.3, -0.25) is 4.79 Å². The SMILES string of the molecule is CCCCOc1ccc(C=CC(=O)Nc2scc(-c3ccc(F)cc3)c2C(=O)OCC)cc1. The lowest BCUT2D eigenvalue weighted by Crippen LogP contribution is -2.12. The molecule has 0 bridgehead atoms. The highest BCUT2D eigenvalue weighted by molar-refractivity contribution is 7.15. The first kappa shape index (κ1) is 24.2. The van der Waals surface area contributed by atoms with Crippen molar-refractivity contribution in [2.24, 2.45) is 0 Å². The van der Waals surface area contributed by atoms with E-state index in [4.69, 9.17) is 9.47 Å². The molecule has 2 aromatic carbocycles. The van der Waals surface area contributed by atoms with Gasteiger partial charge in [-0.2, -0.15) is 0 Å². The highest BCUT2D eigenvalue weighted by atomic mass is 32.1. The van der Waals surface area contributed by atoms with Gasteiger partial charge in [0.2, 0.25) is 5.91 Å². The number of ether oxygens (including phenoxy) is 2. The molecule has 0 aliphatic rings. The summed E-state index contributed by atoms with van der Waals surface area (Å²) in [5.41, 5.74) is 2.34. The molecule has 0 aliphatic carbocycles. The van der Waals surface area contributed by atoms with Crippen molar-refractivity contribution in [1.29, 1.82) is 0 Å². The third-order valence-electron chi connectivity index (χ3n) is 4.74. The molecule has 5 nitrogen and oxygen atoms in total. The van der Waals surface area contributed by atoms with E-state index in [9.17, 15) is 14.0 Å². The van der Waals surface area contributed by atoms with Gasteiger partial charge in [-0.15, -0.1) is 11.3 Å². The Morgan fingerprint density at radius 2 is 1.79 bits per heavy atom. The summed E-state index contributed by atoms with van der Waals surface area (Å²) in [7, 11) is 0. The molecular weight excluding hydrogens is 441 g/mol. The number of halogens is 1. The highest BCUT2D eigenvalue weighted by Crippen LogP contribution is 2.36. The third kappa shape index (κ3) is 6.76. The number of carbonyl (C=O) groups excluding carboxylic acids is 2. The third-order valence-corrected chi connectivity index (χ3v) is 5.63. The molecule has 0 saturated heterocycles. The monoisotopic (exact) mass is 467 g/mol. The summed E-state index contributed by atoms with van der Waals surface area (Å²) in [6, 6.07) is 13.3. The van der Waals surface area contributed by atoms with E-state index >= 15 is 0 Å². The predicted molar refractivity (Wildman–Crippen MR) is 130 cm³/mol. The molecule has 1 amide bonds. The zero-order valence-corrected chi connectivity index (χ0v) is 19.4. The Labute approximate surface area is 196 Å². The Morgan fingerprint density at radius 3 is 2.45 bits per heavy atom. The largest absolute Gasteiger partial charge is 0.494 e. The normalized spacial score (nSPS) is 10.9. The molecular formula is C26H26FNO4S. The lowest BCUT2D eigenvalue weighted by Gasteiger charge is -2.08. The number of unbranched alkanes of at least 4 members (excludes halogenated alkanes) is 1. The summed E-state index contributed by atoms with van der Waals surface area (Å²) in [6.45, 7) is 4.70. The molecule has 172 valence electrons. The van der Waals surface area contributed by atoms with Crippen molar-refractivity contribution in [2.75, 3.05) is 18.5 Å². The minimum atomic E-state index is -0.545. The van der Waals surface area contributed by atoms with Crippen LogP contribution in [0.4, 0.5) is 9.39 Å². The van der Waals surface area contributed by atoms with Gasteiger partial charge in [0.15, 0.2) is 0 Å². The Balaban J connectivity index is 1.73. The number of amides is 1. The molecule has 0 spiro atoms. The molecule has 1 N–H and O–H groups in total. The van der Waals surface area contributed by atoms with Crippen LogP contribution in [0.2, 0.25) is 0 Å². The fraction of sp³-hybridized carbons (Fsp3) is 0.231. The second-order valence-electron chi connectivity index (χ2n) is 7.17. The average molecular weight is 468 g/mol. The first-order valence-corrected chi connectivity index (χ1v) is 11.7. The maximum atomic E-state index is 13.3. The Hall–Kier alpha value is -3.45. The van der Waals surface area contributed by atoms with Gasteiger partial charge >= 0.3 is 5.97 Å². The van der Waals surface area contributed by atoms with E-state index in [0.717, 1.165) is 24.2 Å². The van der Waals surface area contributed by atoms with Crippen LogP contribution >= 0.6 is 11.3 Å². The standard InChI is InChI=1S/C26H26FNO4S/c1-3-5-16-32-21-13-6-18(7-14-21)8-15-23(29)28-25-24(26(30)31-4-2)22(17-33-25)19-9-11-20(27)12-10-19/h6-15,17H,3-5,16H2,1-2H3,(H,28,29). The van der Waals surface area contributed by atoms with E-state index in [2.05, 4.69) is 12.2 Å². The number of esters is 1. The minimum absolute atomic E-state index is 0.197. The Morgan fingerprint density at radius 1 is 1.06 bits per heavy atom. The molecule has 7 heteroatoms. The number of rotatable bonds is 10. The number of carbonyl (C=O) groups is 2. The second kappa shape index (κ2) is 12.0. The number of benzene rings is 2. The number of hydrogen-bond donors (Lipinski definition) is 1. The first-order valence-electron chi connectivity index (χ1n) is 10.8. The predicted octanol–water partition coefficient (Wildman–Crippen LogP) is 6.56. The van der Waals surface area contributed by atoms with Crippen LogP contribution < -0.4 is 10.1 Å². The maximum Gasteiger partial charge on any atom is 0.341 e. The summed E-state index contributed by atoms with van der Waals surface area (Å²) in [6.07, 6.45) is 5.16. The Kier molecular flexibility index (Phi) is 8.78. The van der Waals surface area contributed by atoms with E-state index in [1.807, 2.05) is 24.3 Å². The fourth-order valence-corrected chi connectivity index (χ4v) is 3.99. The van der Waals surface area contributed by atoms with Gasteiger partial charge in [-0.1, -0.05) is 37.6 Å². The summed E-state index contributed by atoms with van der Waals surface area (Å²) in [5, 5.41) is 4.88. The van der Waals surface area contributed by atoms with Gasteiger partial charge in [0.25, 0.3) is 0 Å². The van der Waals surface area contributed by atoms with Crippen LogP contribution in [0.1, 0.15) is 42.6 Å². The van der Waals surface area contributed by atoms with Crippen LogP contribution in [0.25, 0.3) is 17.2 Å². The summed E-state index contributed by atoms with van der Waals surface area (Å²) >= 11 is 1.21. The molecule has 3 rings (SSSR count). The molecule has 0 unspecified atom stereocenters. The van der Waals surface area contributed by atoms with Crippen molar-refractivity contribution < 1.29 is 23.5 Å². The zero-order chi connectivity index (χ0) is 23.6. The van der Waals surface area contributed by atoms with Crippen LogP contribution in [-0.4, -0.2) is 25.1 Å². The molecule has 33 heavy (non-hydrogen) atoms. The first-order chi connectivity index (χ1) is 16.0. The quantitative estimate of drug-likeness (QED) is 0.208. The summed E-state index contributed by atoms with van der Waals surface area (Å²) in [4.78, 5) is 25.1. The van der Waals surface area contributed by atoms with Gasteiger partial charge in [0.1, 0.15) is 22.1 Å². The molecule has 0 aliphatic heterocycles. The average Bonchev–Trinajstić information content (AvgIpc) is 3.23. The molecule has 1 aromatic heterocycles. The Bertz CT molecular complexity index is 1100. The number of anilines is 1. The smallest absolute Gasteiger partial charge is 0.341 e. The minimum Gasteiger partial charge on any atom is -0.494 e. The zero-order valence-electron chi connectivity index (χ0n) is 18.6. The summed E-state index contributed by atoms with van der Waals surface area (Å²) in [5.74, 6) is -0.505. The van der Waals surface area contributed by atoms with Gasteiger partial charge < -0.3 is 14.8 Å². The molecule has 3 aromatic rings. The molecule has 0 atom stereocenters. The lowest BCUT2D eigenvalue weighted by molar-refractivity contribution is -0.111. The van der Waals surface area contributed by atoms with Gasteiger partial charge in [0.05, 0.1) is 13.2 Å². The van der Waals surface area contributed by atoms with E-state index in [1.54, 1.807) is 30.5 Å². The van der Waals surface area contributed by atoms with E-state index in [0.29, 0.717) is 22.7 Å². The van der Waals surface area contributed by atoms with Gasteiger partial charge in [0, 0.05) is 17.0 Å². The fourth-order valence-electron chi connectivity index (χ4n) is 3.03. The number of nitrogens with one attached hydrogen (secondary N) is 1.